The lowest BCUT2D eigenvalue weighted by atomic mass is 9.80. The molecule has 2 nitrogen and oxygen atoms in total. The molecule has 0 aliphatic heterocycles. The number of fused-ring (bicyclic) bond motifs is 1. The van der Waals surface area contributed by atoms with Crippen LogP contribution >= 0.6 is 11.3 Å². The molecule has 0 saturated carbocycles. The standard InChI is InChI=1S/C17H21NOS/c1-2-19-13-8-6-12(7-9-13)17(18)15-4-3-5-16-14(15)10-11-20-16/h6-11,15,17H,2-5,18H2,1H3. The van der Waals surface area contributed by atoms with E-state index in [9.17, 15) is 0 Å². The summed E-state index contributed by atoms with van der Waals surface area (Å²) in [5.41, 5.74) is 9.21. The molecule has 106 valence electrons. The lowest BCUT2D eigenvalue weighted by Crippen LogP contribution is -2.22. The van der Waals surface area contributed by atoms with Gasteiger partial charge in [-0.3, -0.25) is 0 Å². The third kappa shape index (κ3) is 2.60. The molecule has 2 unspecified atom stereocenters. The fraction of sp³-hybridized carbons (Fsp3) is 0.412. The Kier molecular flexibility index (Phi) is 4.08. The summed E-state index contributed by atoms with van der Waals surface area (Å²) in [5.74, 6) is 1.38. The van der Waals surface area contributed by atoms with Gasteiger partial charge in [-0.15, -0.1) is 11.3 Å². The molecule has 0 amide bonds. The van der Waals surface area contributed by atoms with Gasteiger partial charge < -0.3 is 10.5 Å². The summed E-state index contributed by atoms with van der Waals surface area (Å²) in [4.78, 5) is 1.53. The minimum absolute atomic E-state index is 0.0827. The number of nitrogens with two attached hydrogens (primary N) is 1. The van der Waals surface area contributed by atoms with E-state index in [0.717, 1.165) is 5.75 Å². The third-order valence-corrected chi connectivity index (χ3v) is 5.10. The van der Waals surface area contributed by atoms with Crippen molar-refractivity contribution in [3.05, 3.63) is 51.7 Å². The van der Waals surface area contributed by atoms with Gasteiger partial charge in [-0.2, -0.15) is 0 Å². The number of benzene rings is 1. The van der Waals surface area contributed by atoms with Crippen molar-refractivity contribution < 1.29 is 4.74 Å². The van der Waals surface area contributed by atoms with Gasteiger partial charge in [0.2, 0.25) is 0 Å². The van der Waals surface area contributed by atoms with Gasteiger partial charge in [-0.1, -0.05) is 12.1 Å². The maximum Gasteiger partial charge on any atom is 0.119 e. The monoisotopic (exact) mass is 287 g/mol. The van der Waals surface area contributed by atoms with Gasteiger partial charge in [-0.25, -0.2) is 0 Å². The molecule has 1 aromatic carbocycles. The van der Waals surface area contributed by atoms with Gasteiger partial charge >= 0.3 is 0 Å². The smallest absolute Gasteiger partial charge is 0.119 e. The molecule has 0 saturated heterocycles. The first-order valence-corrected chi connectivity index (χ1v) is 8.22. The Morgan fingerprint density at radius 2 is 2.10 bits per heavy atom. The van der Waals surface area contributed by atoms with Crippen molar-refractivity contribution in [2.24, 2.45) is 5.73 Å². The Morgan fingerprint density at radius 1 is 1.30 bits per heavy atom. The number of hydrogen-bond donors (Lipinski definition) is 1. The Hall–Kier alpha value is -1.32. The van der Waals surface area contributed by atoms with Crippen molar-refractivity contribution in [3.8, 4) is 5.75 Å². The van der Waals surface area contributed by atoms with Crippen LogP contribution in [0.1, 0.15) is 47.7 Å². The maximum atomic E-state index is 6.53. The lowest BCUT2D eigenvalue weighted by Gasteiger charge is -2.28. The van der Waals surface area contributed by atoms with Crippen LogP contribution < -0.4 is 10.5 Å². The Balaban J connectivity index is 1.81. The average Bonchev–Trinajstić information content (AvgIpc) is 2.96. The predicted molar refractivity (Wildman–Crippen MR) is 84.5 cm³/mol. The van der Waals surface area contributed by atoms with Crippen molar-refractivity contribution in [2.75, 3.05) is 6.61 Å². The van der Waals surface area contributed by atoms with Crippen LogP contribution in [0.5, 0.6) is 5.75 Å². The molecule has 3 heteroatoms. The molecule has 1 aliphatic rings. The van der Waals surface area contributed by atoms with Crippen molar-refractivity contribution in [1.82, 2.24) is 0 Å². The minimum atomic E-state index is 0.0827. The highest BCUT2D eigenvalue weighted by molar-refractivity contribution is 7.10. The Labute approximate surface area is 124 Å². The van der Waals surface area contributed by atoms with E-state index in [4.69, 9.17) is 10.5 Å². The van der Waals surface area contributed by atoms with Crippen LogP contribution in [0.25, 0.3) is 0 Å². The lowest BCUT2D eigenvalue weighted by molar-refractivity contribution is 0.340. The summed E-state index contributed by atoms with van der Waals surface area (Å²) >= 11 is 1.88. The first-order valence-electron chi connectivity index (χ1n) is 7.34. The van der Waals surface area contributed by atoms with Crippen LogP contribution in [0, 0.1) is 0 Å². The SMILES string of the molecule is CCOc1ccc(C(N)C2CCCc3sccc32)cc1. The summed E-state index contributed by atoms with van der Waals surface area (Å²) < 4.78 is 5.49. The van der Waals surface area contributed by atoms with E-state index in [2.05, 4.69) is 23.6 Å². The molecule has 0 radical (unpaired) electrons. The number of rotatable bonds is 4. The van der Waals surface area contributed by atoms with Crippen LogP contribution in [-0.2, 0) is 6.42 Å². The number of aryl methyl sites for hydroxylation is 1. The predicted octanol–water partition coefficient (Wildman–Crippen LogP) is 4.27. The molecule has 1 aliphatic carbocycles. The van der Waals surface area contributed by atoms with Gasteiger partial charge in [0.15, 0.2) is 0 Å². The van der Waals surface area contributed by atoms with Gasteiger partial charge in [0.25, 0.3) is 0 Å². The van der Waals surface area contributed by atoms with Crippen LogP contribution in [0.4, 0.5) is 0 Å². The zero-order valence-corrected chi connectivity index (χ0v) is 12.7. The molecule has 0 fully saturated rings. The van der Waals surface area contributed by atoms with E-state index in [1.807, 2.05) is 30.4 Å². The van der Waals surface area contributed by atoms with E-state index in [0.29, 0.717) is 12.5 Å². The molecule has 1 aromatic heterocycles. The Bertz CT molecular complexity index is 561. The second-order valence-electron chi connectivity index (χ2n) is 5.33. The summed E-state index contributed by atoms with van der Waals surface area (Å²) in [7, 11) is 0. The van der Waals surface area contributed by atoms with Crippen molar-refractivity contribution in [1.29, 1.82) is 0 Å². The van der Waals surface area contributed by atoms with Crippen LogP contribution in [0.2, 0.25) is 0 Å². The van der Waals surface area contributed by atoms with Crippen molar-refractivity contribution in [2.45, 2.75) is 38.1 Å². The molecule has 1 heterocycles. The zero-order valence-electron chi connectivity index (χ0n) is 11.8. The van der Waals surface area contributed by atoms with Crippen molar-refractivity contribution >= 4 is 11.3 Å². The minimum Gasteiger partial charge on any atom is -0.494 e. The maximum absolute atomic E-state index is 6.53. The number of ether oxygens (including phenoxy) is 1. The number of thiophene rings is 1. The van der Waals surface area contributed by atoms with E-state index in [1.165, 1.54) is 35.3 Å². The highest BCUT2D eigenvalue weighted by Gasteiger charge is 2.27. The van der Waals surface area contributed by atoms with E-state index in [1.54, 1.807) is 0 Å². The second kappa shape index (κ2) is 5.98. The largest absolute Gasteiger partial charge is 0.494 e. The molecule has 2 N–H and O–H groups in total. The molecule has 20 heavy (non-hydrogen) atoms. The van der Waals surface area contributed by atoms with Crippen LogP contribution in [0.15, 0.2) is 35.7 Å². The second-order valence-corrected chi connectivity index (χ2v) is 6.33. The highest BCUT2D eigenvalue weighted by atomic mass is 32.1. The molecule has 2 atom stereocenters. The molecular formula is C17H21NOS. The molecule has 2 aromatic rings. The van der Waals surface area contributed by atoms with Gasteiger partial charge in [-0.05, 0) is 60.9 Å². The van der Waals surface area contributed by atoms with Gasteiger partial charge in [0.1, 0.15) is 5.75 Å². The first-order chi connectivity index (χ1) is 9.79. The van der Waals surface area contributed by atoms with Gasteiger partial charge in [0.05, 0.1) is 6.61 Å². The third-order valence-electron chi connectivity index (χ3n) is 4.11. The van der Waals surface area contributed by atoms with E-state index < -0.39 is 0 Å². The molecule has 0 bridgehead atoms. The zero-order chi connectivity index (χ0) is 13.9. The van der Waals surface area contributed by atoms with Crippen LogP contribution in [0.3, 0.4) is 0 Å². The highest BCUT2D eigenvalue weighted by Crippen LogP contribution is 2.41. The molecular weight excluding hydrogens is 266 g/mol. The normalized spacial score (nSPS) is 19.4. The fourth-order valence-corrected chi connectivity index (χ4v) is 4.08. The molecule has 0 spiro atoms. The Morgan fingerprint density at radius 3 is 2.85 bits per heavy atom. The first kappa shape index (κ1) is 13.7. The summed E-state index contributed by atoms with van der Waals surface area (Å²) in [6, 6.07) is 10.6. The summed E-state index contributed by atoms with van der Waals surface area (Å²) in [5, 5.41) is 2.20. The molecule has 3 rings (SSSR count). The van der Waals surface area contributed by atoms with E-state index in [-0.39, 0.29) is 6.04 Å². The van der Waals surface area contributed by atoms with Crippen molar-refractivity contribution in [3.63, 3.8) is 0 Å². The number of hydrogen-bond acceptors (Lipinski definition) is 3. The van der Waals surface area contributed by atoms with E-state index >= 15 is 0 Å². The summed E-state index contributed by atoms with van der Waals surface area (Å²) in [6.45, 7) is 2.70. The van der Waals surface area contributed by atoms with Crippen LogP contribution in [-0.4, -0.2) is 6.61 Å². The fourth-order valence-electron chi connectivity index (χ4n) is 3.08. The topological polar surface area (TPSA) is 35.2 Å². The summed E-state index contributed by atoms with van der Waals surface area (Å²) in [6.07, 6.45) is 3.67. The van der Waals surface area contributed by atoms with Gasteiger partial charge in [0, 0.05) is 16.8 Å². The average molecular weight is 287 g/mol. The quantitative estimate of drug-likeness (QED) is 0.911.